The summed E-state index contributed by atoms with van der Waals surface area (Å²) in [5.74, 6) is -7.75. The molecule has 0 spiro atoms. The molecule has 24 heteroatoms. The number of hydrogen-bond donors (Lipinski definition) is 4. The maximum Gasteiger partial charge on any atom is 0.344 e. The summed E-state index contributed by atoms with van der Waals surface area (Å²) >= 11 is 0. The summed E-state index contributed by atoms with van der Waals surface area (Å²) in [6.07, 6.45) is 22.6. The number of phenolic OH excluding ortho intramolecular Hbond substituents is 4. The Kier molecular flexibility index (Phi) is 22.6. The second-order valence-electron chi connectivity index (χ2n) is 44.9. The van der Waals surface area contributed by atoms with Gasteiger partial charge in [0.25, 0.3) is 0 Å². The summed E-state index contributed by atoms with van der Waals surface area (Å²) in [6, 6.07) is 38.3. The molecule has 0 amide bonds. The van der Waals surface area contributed by atoms with Gasteiger partial charge in [0, 0.05) is 92.4 Å². The third kappa shape index (κ3) is 17.0. The van der Waals surface area contributed by atoms with Gasteiger partial charge in [-0.2, -0.15) is 0 Å². The summed E-state index contributed by atoms with van der Waals surface area (Å²) in [5.41, 5.74) is 1.73. The fourth-order valence-electron chi connectivity index (χ4n) is 31.2. The van der Waals surface area contributed by atoms with Gasteiger partial charge < -0.3 is 77.3 Å². The van der Waals surface area contributed by atoms with E-state index in [1.165, 1.54) is 101 Å². The molecule has 0 heterocycles. The number of carbonyl (C=O) groups is 8. The predicted molar refractivity (Wildman–Crippen MR) is 496 cm³/mol. The average molecular weight is 1850 g/mol. The highest BCUT2D eigenvalue weighted by atomic mass is 16.6. The summed E-state index contributed by atoms with van der Waals surface area (Å²) < 4.78 is 73.9. The highest BCUT2D eigenvalue weighted by Crippen LogP contribution is 2.68. The van der Waals surface area contributed by atoms with Crippen LogP contribution in [-0.4, -0.2) is 145 Å². The van der Waals surface area contributed by atoms with E-state index in [0.717, 1.165) is 154 Å². The molecule has 24 bridgehead atoms. The van der Waals surface area contributed by atoms with Crippen LogP contribution in [0.2, 0.25) is 0 Å². The Bertz CT molecular complexity index is 5350. The number of fused-ring (bicyclic) bond motifs is 8. The van der Waals surface area contributed by atoms with Gasteiger partial charge in [0.2, 0.25) is 0 Å². The first-order valence-electron chi connectivity index (χ1n) is 48.6. The van der Waals surface area contributed by atoms with E-state index in [4.69, 9.17) is 56.8 Å². The molecule has 136 heavy (non-hydrogen) atoms. The number of methoxy groups -OCH3 is 4. The summed E-state index contributed by atoms with van der Waals surface area (Å²) in [7, 11) is 5.69. The number of ether oxygens (including phenoxy) is 12. The quantitative estimate of drug-likeness (QED) is 0.0322. The zero-order valence-electron chi connectivity index (χ0n) is 78.5. The molecule has 12 atom stereocenters. The van der Waals surface area contributed by atoms with Crippen LogP contribution in [0.25, 0.3) is 0 Å². The molecular weight excluding hydrogens is 1730 g/mol. The number of hydrogen-bond acceptors (Lipinski definition) is 24. The van der Waals surface area contributed by atoms with Gasteiger partial charge in [-0.15, -0.1) is 0 Å². The van der Waals surface area contributed by atoms with E-state index in [-0.39, 0.29) is 112 Å². The van der Waals surface area contributed by atoms with Gasteiger partial charge in [-0.05, 0) is 318 Å². The number of esters is 8. The number of carbonyl (C=O) groups excluding carboxylic acids is 8. The Hall–Kier alpha value is -12.1. The van der Waals surface area contributed by atoms with E-state index < -0.39 is 120 Å². The lowest BCUT2D eigenvalue weighted by atomic mass is 9.48. The van der Waals surface area contributed by atoms with Crippen LogP contribution in [-0.2, 0) is 57.1 Å². The monoisotopic (exact) mass is 1850 g/mol. The van der Waals surface area contributed by atoms with Gasteiger partial charge in [-0.1, -0.05) is 76.2 Å². The number of phenols is 4. The normalized spacial score (nSPS) is 32.1. The first kappa shape index (κ1) is 90.4. The van der Waals surface area contributed by atoms with Gasteiger partial charge in [0.1, 0.15) is 68.4 Å². The Morgan fingerprint density at radius 2 is 0.434 bits per heavy atom. The highest BCUT2D eigenvalue weighted by Gasteiger charge is 2.62. The van der Waals surface area contributed by atoms with Crippen LogP contribution in [0.1, 0.15) is 314 Å². The molecule has 4 N–H and O–H groups in total. The molecule has 712 valence electrons. The van der Waals surface area contributed by atoms with E-state index in [1.807, 2.05) is 0 Å². The molecule has 17 aliphatic carbocycles. The van der Waals surface area contributed by atoms with Gasteiger partial charge in [0.05, 0.1) is 50.7 Å². The smallest absolute Gasteiger partial charge is 0.344 e. The molecule has 25 rings (SSSR count). The maximum absolute atomic E-state index is 14.4. The van der Waals surface area contributed by atoms with Crippen molar-refractivity contribution < 1.29 is 116 Å². The highest BCUT2D eigenvalue weighted by molar-refractivity contribution is 5.93. The van der Waals surface area contributed by atoms with Crippen molar-refractivity contribution >= 4 is 47.8 Å². The Balaban J connectivity index is 0.686. The van der Waals surface area contributed by atoms with Gasteiger partial charge >= 0.3 is 47.8 Å². The van der Waals surface area contributed by atoms with Crippen LogP contribution >= 0.6 is 0 Å². The van der Waals surface area contributed by atoms with Crippen LogP contribution in [0.15, 0.2) is 146 Å². The van der Waals surface area contributed by atoms with Crippen LogP contribution < -0.4 is 18.9 Å². The first-order valence-corrected chi connectivity index (χ1v) is 48.6. The summed E-state index contributed by atoms with van der Waals surface area (Å²) in [6.45, 7) is 6.60. The van der Waals surface area contributed by atoms with Gasteiger partial charge in [-0.25, -0.2) is 38.4 Å². The predicted octanol–water partition coefficient (Wildman–Crippen LogP) is 19.8. The van der Waals surface area contributed by atoms with E-state index >= 15 is 0 Å². The third-order valence-electron chi connectivity index (χ3n) is 33.7. The minimum atomic E-state index is -1.19. The second kappa shape index (κ2) is 34.0. The molecule has 8 aromatic carbocycles. The Morgan fingerprint density at radius 1 is 0.257 bits per heavy atom. The molecule has 16 saturated carbocycles. The fraction of sp³-hybridized carbons (Fsp3) is 0.500. The number of benzene rings is 8. The third-order valence-corrected chi connectivity index (χ3v) is 33.7. The zero-order valence-corrected chi connectivity index (χ0v) is 78.5. The van der Waals surface area contributed by atoms with E-state index in [1.54, 1.807) is 72.8 Å². The minimum Gasteiger partial charge on any atom is -0.507 e. The summed E-state index contributed by atoms with van der Waals surface area (Å²) in [4.78, 5) is 113. The lowest BCUT2D eigenvalue weighted by molar-refractivity contribution is -0.202. The molecule has 16 fully saturated rings. The fourth-order valence-corrected chi connectivity index (χ4v) is 31.2. The Labute approximate surface area is 791 Å². The SMILES string of the molecule is COc1cc(O)c2cc1C(c1ccc(C(=O)OCC(=O)OC34CC5CC(CC(C)(C5)C3)C4)cc1)c1cc(c(OC)cc1O)C(c1ccc(C(=O)OCC(=O)OC34CC5CC(CC(C)(C5)C3)C4)cc1)c1cc(c(OC)cc1O)C(c1ccc(C(=O)OCC(=O)OC34CC5CC(CC(C)(C5)C3)C4)cc1)c1cc(c(OC)cc1O)C2c1ccc(C(=O)OCC(=O)OC23CC4CC(CC(C)(C4)C2)C3)cc1. The summed E-state index contributed by atoms with van der Waals surface area (Å²) in [5, 5.41) is 53.0. The molecule has 24 nitrogen and oxygen atoms in total. The molecule has 0 saturated heterocycles. The van der Waals surface area contributed by atoms with Crippen molar-refractivity contribution in [2.75, 3.05) is 54.9 Å². The lowest BCUT2D eigenvalue weighted by Crippen LogP contribution is -2.56. The topological polar surface area (TPSA) is 328 Å². The van der Waals surface area contributed by atoms with E-state index in [0.29, 0.717) is 91.9 Å². The molecular formula is C112H120O24. The standard InChI is InChI=1S/C112H120O24/c1-105-37-61-25-62(38-105)46-109(45-61,57-105)133-93(117)53-129-101(121)73-17-9-69(10-18-73)97-77-29-82(90(126-6)33-85(77)113)99(71-13-21-75(22-14-71)103(123)131-55-95(119)135-111-49-65-27-66(50-111)42-107(3,41-65)59-111)79-31-84(92(128-8)35-87(79)115)100(72-15-23-76(24-16-72)104(124)132-56-96(120)136-112-51-67-28-68(52-112)44-108(4,43-67)60-112)80-32-83(91(127-7)36-88(80)116)98(78-30-81(97)89(125-5)34-86(78)114)70-11-19-74(20-12-70)102(122)130-54-94(118)134-110-47-63-26-64(48-110)40-106(2,39-63)58-110/h9-24,29-36,61-68,97-100,113-116H,25-28,37-60H2,1-8H3. The van der Waals surface area contributed by atoms with E-state index in [9.17, 15) is 58.8 Å². The van der Waals surface area contributed by atoms with Crippen molar-refractivity contribution in [1.82, 2.24) is 0 Å². The maximum atomic E-state index is 14.4. The number of aromatic hydroxyl groups is 4. The van der Waals surface area contributed by atoms with Crippen LogP contribution in [0.3, 0.4) is 0 Å². The lowest BCUT2D eigenvalue weighted by Gasteiger charge is -2.60. The van der Waals surface area contributed by atoms with E-state index in [2.05, 4.69) is 27.7 Å². The average Bonchev–Trinajstić information content (AvgIpc) is 0.733. The molecule has 8 aromatic rings. The molecule has 0 radical (unpaired) electrons. The first-order chi connectivity index (χ1) is 65.1. The minimum absolute atomic E-state index is 0.0664. The van der Waals surface area contributed by atoms with Crippen molar-refractivity contribution in [3.05, 3.63) is 235 Å². The largest absolute Gasteiger partial charge is 0.507 e. The number of rotatable bonds is 24. The molecule has 12 unspecified atom stereocenters. The van der Waals surface area contributed by atoms with Crippen molar-refractivity contribution in [2.45, 2.75) is 228 Å². The second-order valence-corrected chi connectivity index (χ2v) is 44.9. The Morgan fingerprint density at radius 3 is 0.596 bits per heavy atom. The van der Waals surface area contributed by atoms with Crippen LogP contribution in [0.4, 0.5) is 0 Å². The van der Waals surface area contributed by atoms with Crippen molar-refractivity contribution in [1.29, 1.82) is 0 Å². The zero-order chi connectivity index (χ0) is 94.7. The molecule has 0 aromatic heterocycles. The van der Waals surface area contributed by atoms with Crippen molar-refractivity contribution in [3.8, 4) is 46.0 Å². The van der Waals surface area contributed by atoms with Gasteiger partial charge in [-0.3, -0.25) is 0 Å². The molecule has 17 aliphatic rings. The van der Waals surface area contributed by atoms with Crippen LogP contribution in [0, 0.1) is 69.0 Å². The van der Waals surface area contributed by atoms with Crippen LogP contribution in [0.5, 0.6) is 46.0 Å². The van der Waals surface area contributed by atoms with Crippen molar-refractivity contribution in [3.63, 3.8) is 0 Å². The van der Waals surface area contributed by atoms with Crippen molar-refractivity contribution in [2.24, 2.45) is 69.0 Å². The molecule has 0 aliphatic heterocycles. The van der Waals surface area contributed by atoms with Gasteiger partial charge in [0.15, 0.2) is 26.4 Å².